The van der Waals surface area contributed by atoms with Gasteiger partial charge in [-0.3, -0.25) is 9.59 Å². The van der Waals surface area contributed by atoms with E-state index in [9.17, 15) is 19.8 Å². The number of carbonyl (C=O) groups is 1. The van der Waals surface area contributed by atoms with Gasteiger partial charge >= 0.3 is 0 Å². The van der Waals surface area contributed by atoms with E-state index in [-0.39, 0.29) is 29.6 Å². The normalized spacial score (nSPS) is 14.6. The first-order valence-electron chi connectivity index (χ1n) is 10.5. The lowest BCUT2D eigenvalue weighted by Gasteiger charge is -2.19. The number of phenols is 1. The van der Waals surface area contributed by atoms with E-state index in [0.717, 1.165) is 19.3 Å². The first kappa shape index (κ1) is 22.5. The SMILES string of the molecule is COc1cc([C@@H](CC(=O)NCCC2=CCCCC2)c2oc(C)cc(=O)c2O)ccc1O. The van der Waals surface area contributed by atoms with Gasteiger partial charge in [0.2, 0.25) is 17.1 Å². The summed E-state index contributed by atoms with van der Waals surface area (Å²) in [6.07, 6.45) is 7.62. The van der Waals surface area contributed by atoms with Crippen LogP contribution < -0.4 is 15.5 Å². The second-order valence-corrected chi connectivity index (χ2v) is 7.83. The third-order valence-electron chi connectivity index (χ3n) is 5.54. The Balaban J connectivity index is 1.83. The average Bonchev–Trinajstić information content (AvgIpc) is 2.76. The summed E-state index contributed by atoms with van der Waals surface area (Å²) >= 11 is 0. The lowest BCUT2D eigenvalue weighted by atomic mass is 9.91. The van der Waals surface area contributed by atoms with Crippen molar-refractivity contribution >= 4 is 5.91 Å². The molecule has 0 saturated heterocycles. The summed E-state index contributed by atoms with van der Waals surface area (Å²) in [4.78, 5) is 24.9. The third kappa shape index (κ3) is 5.69. The van der Waals surface area contributed by atoms with Crippen LogP contribution >= 0.6 is 0 Å². The van der Waals surface area contributed by atoms with Crippen LogP contribution in [0.25, 0.3) is 0 Å². The van der Waals surface area contributed by atoms with Crippen LogP contribution in [0, 0.1) is 6.92 Å². The van der Waals surface area contributed by atoms with Crippen LogP contribution in [0.4, 0.5) is 0 Å². The Morgan fingerprint density at radius 1 is 1.26 bits per heavy atom. The minimum atomic E-state index is -0.726. The second-order valence-electron chi connectivity index (χ2n) is 7.83. The number of hydrogen-bond acceptors (Lipinski definition) is 6. The van der Waals surface area contributed by atoms with Crippen molar-refractivity contribution in [1.29, 1.82) is 0 Å². The summed E-state index contributed by atoms with van der Waals surface area (Å²) < 4.78 is 10.8. The standard InChI is InChI=1S/C24H29NO6/c1-15-12-20(27)23(29)24(31-15)18(17-8-9-19(26)21(13-17)30-2)14-22(28)25-11-10-16-6-4-3-5-7-16/h6,8-9,12-13,18,26,29H,3-5,7,10-11,14H2,1-2H3,(H,25,28)/t18-/m1/s1. The van der Waals surface area contributed by atoms with E-state index in [2.05, 4.69) is 11.4 Å². The van der Waals surface area contributed by atoms with Crippen LogP contribution in [0.2, 0.25) is 0 Å². The number of phenolic OH excluding ortho intramolecular Hbond substituents is 1. The molecule has 1 aliphatic carbocycles. The smallest absolute Gasteiger partial charge is 0.227 e. The van der Waals surface area contributed by atoms with Crippen molar-refractivity contribution in [2.75, 3.05) is 13.7 Å². The van der Waals surface area contributed by atoms with Crippen molar-refractivity contribution in [3.8, 4) is 17.2 Å². The Bertz CT molecular complexity index is 1020. The molecule has 1 heterocycles. The highest BCUT2D eigenvalue weighted by atomic mass is 16.5. The molecule has 1 aliphatic rings. The number of benzene rings is 1. The number of nitrogens with one attached hydrogen (secondary N) is 1. The zero-order valence-electron chi connectivity index (χ0n) is 17.9. The molecule has 0 spiro atoms. The molecule has 1 aromatic carbocycles. The topological polar surface area (TPSA) is 109 Å². The molecule has 7 heteroatoms. The van der Waals surface area contributed by atoms with Gasteiger partial charge in [-0.15, -0.1) is 0 Å². The van der Waals surface area contributed by atoms with Gasteiger partial charge in [-0.05, 0) is 56.7 Å². The maximum absolute atomic E-state index is 12.7. The summed E-state index contributed by atoms with van der Waals surface area (Å²) in [7, 11) is 1.42. The van der Waals surface area contributed by atoms with Crippen molar-refractivity contribution < 1.29 is 24.2 Å². The van der Waals surface area contributed by atoms with E-state index in [1.807, 2.05) is 0 Å². The van der Waals surface area contributed by atoms with E-state index in [1.165, 1.54) is 37.7 Å². The maximum Gasteiger partial charge on any atom is 0.227 e. The largest absolute Gasteiger partial charge is 0.504 e. The van der Waals surface area contributed by atoms with Crippen molar-refractivity contribution in [2.24, 2.45) is 0 Å². The van der Waals surface area contributed by atoms with Gasteiger partial charge in [0.15, 0.2) is 17.3 Å². The molecule has 0 fully saturated rings. The van der Waals surface area contributed by atoms with Crippen LogP contribution in [-0.2, 0) is 4.79 Å². The molecule has 166 valence electrons. The van der Waals surface area contributed by atoms with Crippen LogP contribution in [0.5, 0.6) is 17.2 Å². The fourth-order valence-electron chi connectivity index (χ4n) is 3.89. The number of carbonyl (C=O) groups excluding carboxylic acids is 1. The molecule has 3 rings (SSSR count). The highest BCUT2D eigenvalue weighted by Crippen LogP contribution is 2.37. The van der Waals surface area contributed by atoms with Gasteiger partial charge < -0.3 is 24.7 Å². The van der Waals surface area contributed by atoms with Gasteiger partial charge in [-0.2, -0.15) is 0 Å². The Kier molecular flexibility index (Phi) is 7.39. The minimum Gasteiger partial charge on any atom is -0.504 e. The molecule has 0 saturated carbocycles. The Labute approximate surface area is 181 Å². The summed E-state index contributed by atoms with van der Waals surface area (Å²) in [6, 6.07) is 5.83. The van der Waals surface area contributed by atoms with Gasteiger partial charge in [-0.1, -0.05) is 17.7 Å². The zero-order chi connectivity index (χ0) is 22.4. The van der Waals surface area contributed by atoms with Gasteiger partial charge in [0.25, 0.3) is 0 Å². The first-order chi connectivity index (χ1) is 14.9. The molecule has 0 unspecified atom stereocenters. The second kappa shape index (κ2) is 10.2. The molecule has 3 N–H and O–H groups in total. The Morgan fingerprint density at radius 2 is 2.06 bits per heavy atom. The zero-order valence-corrected chi connectivity index (χ0v) is 17.9. The molecule has 1 aromatic heterocycles. The molecule has 0 bridgehead atoms. The van der Waals surface area contributed by atoms with E-state index >= 15 is 0 Å². The molecule has 0 radical (unpaired) electrons. The van der Waals surface area contributed by atoms with Crippen LogP contribution in [-0.4, -0.2) is 29.8 Å². The molecule has 31 heavy (non-hydrogen) atoms. The van der Waals surface area contributed by atoms with E-state index < -0.39 is 17.1 Å². The lowest BCUT2D eigenvalue weighted by molar-refractivity contribution is -0.121. The number of rotatable bonds is 8. The fourth-order valence-corrected chi connectivity index (χ4v) is 3.89. The Morgan fingerprint density at radius 3 is 2.77 bits per heavy atom. The number of methoxy groups -OCH3 is 1. The van der Waals surface area contributed by atoms with E-state index in [0.29, 0.717) is 17.9 Å². The predicted molar refractivity (Wildman–Crippen MR) is 117 cm³/mol. The molecule has 1 amide bonds. The van der Waals surface area contributed by atoms with Crippen molar-refractivity contribution in [2.45, 2.75) is 51.4 Å². The fraction of sp³-hybridized carbons (Fsp3) is 0.417. The van der Waals surface area contributed by atoms with Crippen LogP contribution in [0.1, 0.15) is 61.5 Å². The van der Waals surface area contributed by atoms with E-state index in [1.54, 1.807) is 19.1 Å². The number of amides is 1. The molecular formula is C24H29NO6. The number of aryl methyl sites for hydroxylation is 1. The molecular weight excluding hydrogens is 398 g/mol. The van der Waals surface area contributed by atoms with Gasteiger partial charge in [0, 0.05) is 19.0 Å². The summed E-state index contributed by atoms with van der Waals surface area (Å²) in [5.41, 5.74) is 1.37. The number of aromatic hydroxyl groups is 2. The monoisotopic (exact) mass is 427 g/mol. The summed E-state index contributed by atoms with van der Waals surface area (Å²) in [5.74, 6) is -0.955. The summed E-state index contributed by atoms with van der Waals surface area (Å²) in [5, 5.41) is 23.2. The van der Waals surface area contributed by atoms with E-state index in [4.69, 9.17) is 9.15 Å². The Hall–Kier alpha value is -3.22. The average molecular weight is 427 g/mol. The first-order valence-corrected chi connectivity index (χ1v) is 10.5. The van der Waals surface area contributed by atoms with Crippen molar-refractivity contribution in [3.63, 3.8) is 0 Å². The lowest BCUT2D eigenvalue weighted by Crippen LogP contribution is -2.27. The summed E-state index contributed by atoms with van der Waals surface area (Å²) in [6.45, 7) is 2.14. The molecule has 0 aliphatic heterocycles. The molecule has 7 nitrogen and oxygen atoms in total. The van der Waals surface area contributed by atoms with Gasteiger partial charge in [0.1, 0.15) is 5.76 Å². The number of allylic oxidation sites excluding steroid dienone is 1. The number of hydrogen-bond donors (Lipinski definition) is 3. The van der Waals surface area contributed by atoms with Gasteiger partial charge in [0.05, 0.1) is 13.0 Å². The number of ether oxygens (including phenoxy) is 1. The maximum atomic E-state index is 12.7. The van der Waals surface area contributed by atoms with Crippen LogP contribution in [0.15, 0.2) is 45.1 Å². The minimum absolute atomic E-state index is 0.0166. The predicted octanol–water partition coefficient (Wildman–Crippen LogP) is 3.90. The van der Waals surface area contributed by atoms with Crippen LogP contribution in [0.3, 0.4) is 0 Å². The third-order valence-corrected chi connectivity index (χ3v) is 5.54. The molecule has 1 atom stereocenters. The van der Waals surface area contributed by atoms with Gasteiger partial charge in [-0.25, -0.2) is 0 Å². The highest BCUT2D eigenvalue weighted by Gasteiger charge is 2.26. The molecule has 2 aromatic rings. The van der Waals surface area contributed by atoms with Crippen molar-refractivity contribution in [3.05, 3.63) is 63.2 Å². The highest BCUT2D eigenvalue weighted by molar-refractivity contribution is 5.77. The quantitative estimate of drug-likeness (QED) is 0.552. The van der Waals surface area contributed by atoms with Crippen molar-refractivity contribution in [1.82, 2.24) is 5.32 Å².